The van der Waals surface area contributed by atoms with E-state index in [1.54, 1.807) is 0 Å². The number of hydrogen-bond donors (Lipinski definition) is 0. The summed E-state index contributed by atoms with van der Waals surface area (Å²) in [6.07, 6.45) is 7.24. The van der Waals surface area contributed by atoms with Crippen molar-refractivity contribution in [3.8, 4) is 0 Å². The Hall–Kier alpha value is -1.85. The summed E-state index contributed by atoms with van der Waals surface area (Å²) in [5, 5.41) is 12.4. The SMILES string of the molecule is CCN(CC)CCCc1cnnnc1CCC(Cc1ccccc1)N(CC)CC. The Morgan fingerprint density at radius 2 is 1.62 bits per heavy atom. The van der Waals surface area contributed by atoms with Gasteiger partial charge in [0.1, 0.15) is 0 Å². The largest absolute Gasteiger partial charge is 0.304 e. The molecule has 0 saturated carbocycles. The minimum Gasteiger partial charge on any atom is -0.304 e. The van der Waals surface area contributed by atoms with Crippen LogP contribution in [-0.4, -0.2) is 64.0 Å². The van der Waals surface area contributed by atoms with Gasteiger partial charge in [0.15, 0.2) is 0 Å². The zero-order valence-corrected chi connectivity index (χ0v) is 18.8. The second kappa shape index (κ2) is 13.4. The number of likely N-dealkylation sites (N-methyl/N-ethyl adjacent to an activating group) is 1. The predicted molar refractivity (Wildman–Crippen MR) is 121 cm³/mol. The van der Waals surface area contributed by atoms with Crippen LogP contribution >= 0.6 is 0 Å². The molecule has 160 valence electrons. The number of aromatic nitrogens is 3. The van der Waals surface area contributed by atoms with Crippen molar-refractivity contribution in [2.24, 2.45) is 0 Å². The number of benzene rings is 1. The Labute approximate surface area is 177 Å². The average Bonchev–Trinajstić information content (AvgIpc) is 2.77. The molecule has 2 rings (SSSR count). The first kappa shape index (κ1) is 23.4. The second-order valence-electron chi connectivity index (χ2n) is 7.64. The summed E-state index contributed by atoms with van der Waals surface area (Å²) in [7, 11) is 0. The lowest BCUT2D eigenvalue weighted by Crippen LogP contribution is -2.37. The highest BCUT2D eigenvalue weighted by Crippen LogP contribution is 2.17. The Kier molecular flexibility index (Phi) is 10.8. The predicted octanol–water partition coefficient (Wildman–Crippen LogP) is 4.03. The molecule has 0 amide bonds. The van der Waals surface area contributed by atoms with E-state index < -0.39 is 0 Å². The lowest BCUT2D eigenvalue weighted by Gasteiger charge is -2.30. The number of nitrogens with zero attached hydrogens (tertiary/aromatic N) is 5. The molecule has 1 atom stereocenters. The van der Waals surface area contributed by atoms with Crippen LogP contribution in [0.25, 0.3) is 0 Å². The van der Waals surface area contributed by atoms with Gasteiger partial charge < -0.3 is 9.80 Å². The van der Waals surface area contributed by atoms with Gasteiger partial charge in [-0.2, -0.15) is 0 Å². The molecular formula is C24H39N5. The summed E-state index contributed by atoms with van der Waals surface area (Å²) >= 11 is 0. The Balaban J connectivity index is 2.00. The van der Waals surface area contributed by atoms with Crippen molar-refractivity contribution in [1.29, 1.82) is 0 Å². The zero-order valence-electron chi connectivity index (χ0n) is 18.8. The molecule has 5 heteroatoms. The van der Waals surface area contributed by atoms with Gasteiger partial charge in [0.2, 0.25) is 0 Å². The number of hydrogen-bond acceptors (Lipinski definition) is 5. The third-order valence-electron chi connectivity index (χ3n) is 5.97. The first-order chi connectivity index (χ1) is 14.2. The summed E-state index contributed by atoms with van der Waals surface area (Å²) in [6.45, 7) is 14.5. The van der Waals surface area contributed by atoms with E-state index in [1.165, 1.54) is 11.1 Å². The molecule has 1 unspecified atom stereocenters. The molecule has 29 heavy (non-hydrogen) atoms. The highest BCUT2D eigenvalue weighted by Gasteiger charge is 2.18. The molecule has 0 radical (unpaired) electrons. The molecule has 0 N–H and O–H groups in total. The minimum absolute atomic E-state index is 0.519. The van der Waals surface area contributed by atoms with Crippen LogP contribution in [0.2, 0.25) is 0 Å². The third-order valence-corrected chi connectivity index (χ3v) is 5.97. The van der Waals surface area contributed by atoms with Gasteiger partial charge in [0, 0.05) is 6.04 Å². The summed E-state index contributed by atoms with van der Waals surface area (Å²) in [4.78, 5) is 5.04. The van der Waals surface area contributed by atoms with Crippen LogP contribution in [0, 0.1) is 0 Å². The van der Waals surface area contributed by atoms with Gasteiger partial charge >= 0.3 is 0 Å². The Morgan fingerprint density at radius 1 is 0.897 bits per heavy atom. The van der Waals surface area contributed by atoms with Gasteiger partial charge in [-0.25, -0.2) is 0 Å². The summed E-state index contributed by atoms with van der Waals surface area (Å²) in [5.41, 5.74) is 3.81. The van der Waals surface area contributed by atoms with E-state index in [1.807, 2.05) is 6.20 Å². The lowest BCUT2D eigenvalue weighted by atomic mass is 9.97. The highest BCUT2D eigenvalue weighted by molar-refractivity contribution is 5.17. The topological polar surface area (TPSA) is 45.2 Å². The van der Waals surface area contributed by atoms with Crippen LogP contribution in [-0.2, 0) is 19.3 Å². The molecule has 0 saturated heterocycles. The van der Waals surface area contributed by atoms with Crippen molar-refractivity contribution in [1.82, 2.24) is 25.2 Å². The molecule has 0 aliphatic rings. The fourth-order valence-corrected chi connectivity index (χ4v) is 4.11. The van der Waals surface area contributed by atoms with Gasteiger partial charge in [-0.3, -0.25) is 0 Å². The zero-order chi connectivity index (χ0) is 20.9. The molecule has 0 bridgehead atoms. The fourth-order valence-electron chi connectivity index (χ4n) is 4.11. The van der Waals surface area contributed by atoms with Crippen molar-refractivity contribution < 1.29 is 0 Å². The van der Waals surface area contributed by atoms with E-state index in [0.29, 0.717) is 6.04 Å². The molecule has 1 aromatic heterocycles. The summed E-state index contributed by atoms with van der Waals surface area (Å²) in [6, 6.07) is 11.4. The molecule has 0 aliphatic heterocycles. The van der Waals surface area contributed by atoms with Crippen molar-refractivity contribution >= 4 is 0 Å². The van der Waals surface area contributed by atoms with Crippen LogP contribution in [0.15, 0.2) is 36.5 Å². The molecular weight excluding hydrogens is 358 g/mol. The monoisotopic (exact) mass is 397 g/mol. The maximum atomic E-state index is 4.41. The van der Waals surface area contributed by atoms with Crippen molar-refractivity contribution in [2.45, 2.75) is 65.8 Å². The fraction of sp³-hybridized carbons (Fsp3) is 0.625. The Bertz CT molecular complexity index is 668. The second-order valence-corrected chi connectivity index (χ2v) is 7.64. The van der Waals surface area contributed by atoms with Gasteiger partial charge in [-0.1, -0.05) is 58.0 Å². The first-order valence-electron chi connectivity index (χ1n) is 11.4. The lowest BCUT2D eigenvalue weighted by molar-refractivity contribution is 0.204. The molecule has 0 spiro atoms. The smallest absolute Gasteiger partial charge is 0.0697 e. The van der Waals surface area contributed by atoms with Crippen molar-refractivity contribution in [3.63, 3.8) is 0 Å². The highest BCUT2D eigenvalue weighted by atomic mass is 15.3. The summed E-state index contributed by atoms with van der Waals surface area (Å²) in [5.74, 6) is 0. The van der Waals surface area contributed by atoms with E-state index in [2.05, 4.69) is 83.2 Å². The van der Waals surface area contributed by atoms with Gasteiger partial charge in [0.25, 0.3) is 0 Å². The molecule has 1 heterocycles. The Morgan fingerprint density at radius 3 is 2.28 bits per heavy atom. The first-order valence-corrected chi connectivity index (χ1v) is 11.4. The molecule has 5 nitrogen and oxygen atoms in total. The van der Waals surface area contributed by atoms with E-state index in [4.69, 9.17) is 0 Å². The average molecular weight is 398 g/mol. The van der Waals surface area contributed by atoms with E-state index in [0.717, 1.165) is 70.5 Å². The van der Waals surface area contributed by atoms with Crippen LogP contribution in [0.1, 0.15) is 57.4 Å². The number of aryl methyl sites for hydroxylation is 2. The van der Waals surface area contributed by atoms with Crippen LogP contribution in [0.5, 0.6) is 0 Å². The molecule has 0 fully saturated rings. The molecule has 2 aromatic rings. The van der Waals surface area contributed by atoms with Gasteiger partial charge in [-0.15, -0.1) is 10.2 Å². The normalized spacial score (nSPS) is 12.6. The third kappa shape index (κ3) is 7.82. The van der Waals surface area contributed by atoms with E-state index >= 15 is 0 Å². The summed E-state index contributed by atoms with van der Waals surface area (Å²) < 4.78 is 0. The van der Waals surface area contributed by atoms with Crippen LogP contribution in [0.4, 0.5) is 0 Å². The van der Waals surface area contributed by atoms with Crippen LogP contribution in [0.3, 0.4) is 0 Å². The maximum Gasteiger partial charge on any atom is 0.0697 e. The quantitative estimate of drug-likeness (QED) is 0.481. The van der Waals surface area contributed by atoms with Crippen molar-refractivity contribution in [3.05, 3.63) is 53.3 Å². The van der Waals surface area contributed by atoms with Crippen molar-refractivity contribution in [2.75, 3.05) is 32.7 Å². The maximum absolute atomic E-state index is 4.41. The van der Waals surface area contributed by atoms with E-state index in [9.17, 15) is 0 Å². The van der Waals surface area contributed by atoms with E-state index in [-0.39, 0.29) is 0 Å². The van der Waals surface area contributed by atoms with Gasteiger partial charge in [-0.05, 0) is 81.2 Å². The molecule has 1 aromatic carbocycles. The standard InChI is InChI=1S/C24H39N5/c1-5-28(6-2)18-12-15-22-20-25-27-26-24(22)17-16-23(29(7-3)8-4)19-21-13-10-9-11-14-21/h9-11,13-14,20,23H,5-8,12,15-19H2,1-4H3. The minimum atomic E-state index is 0.519. The molecule has 0 aliphatic carbocycles. The number of rotatable bonds is 14. The van der Waals surface area contributed by atoms with Gasteiger partial charge in [0.05, 0.1) is 11.9 Å². The van der Waals surface area contributed by atoms with Crippen LogP contribution < -0.4 is 0 Å².